The summed E-state index contributed by atoms with van der Waals surface area (Å²) in [6.45, 7) is 2.76. The molecule has 2 aromatic rings. The second-order valence-electron chi connectivity index (χ2n) is 4.41. The molecule has 0 amide bonds. The van der Waals surface area contributed by atoms with Crippen LogP contribution in [-0.2, 0) is 0 Å². The molecule has 2 nitrogen and oxygen atoms in total. The van der Waals surface area contributed by atoms with Crippen LogP contribution >= 0.6 is 15.9 Å². The number of ether oxygens (including phenoxy) is 1. The van der Waals surface area contributed by atoms with E-state index >= 15 is 0 Å². The van der Waals surface area contributed by atoms with Gasteiger partial charge in [-0.15, -0.1) is 0 Å². The van der Waals surface area contributed by atoms with Gasteiger partial charge in [0.05, 0.1) is 17.6 Å². The van der Waals surface area contributed by atoms with Gasteiger partial charge in [0.15, 0.2) is 0 Å². The van der Waals surface area contributed by atoms with Gasteiger partial charge < -0.3 is 10.1 Å². The lowest BCUT2D eigenvalue weighted by molar-refractivity contribution is 0.414. The van der Waals surface area contributed by atoms with Gasteiger partial charge in [-0.25, -0.2) is 4.39 Å². The maximum absolute atomic E-state index is 14.3. The molecule has 1 N–H and O–H groups in total. The number of hydrogen-bond donors (Lipinski definition) is 1. The van der Waals surface area contributed by atoms with E-state index in [1.165, 1.54) is 0 Å². The van der Waals surface area contributed by atoms with Gasteiger partial charge in [0.1, 0.15) is 11.6 Å². The van der Waals surface area contributed by atoms with Gasteiger partial charge in [-0.3, -0.25) is 0 Å². The Kier molecular flexibility index (Phi) is 5.15. The third-order valence-electron chi connectivity index (χ3n) is 3.15. The predicted molar refractivity (Wildman–Crippen MR) is 82.6 cm³/mol. The van der Waals surface area contributed by atoms with Crippen molar-refractivity contribution in [2.75, 3.05) is 13.7 Å². The fraction of sp³-hybridized carbons (Fsp3) is 0.250. The summed E-state index contributed by atoms with van der Waals surface area (Å²) < 4.78 is 19.9. The molecular weight excluding hydrogens is 321 g/mol. The van der Waals surface area contributed by atoms with E-state index in [4.69, 9.17) is 4.74 Å². The first-order valence-electron chi connectivity index (χ1n) is 6.48. The molecule has 0 fully saturated rings. The first-order chi connectivity index (χ1) is 9.67. The zero-order valence-electron chi connectivity index (χ0n) is 11.5. The van der Waals surface area contributed by atoms with Crippen molar-refractivity contribution in [2.45, 2.75) is 13.0 Å². The second-order valence-corrected chi connectivity index (χ2v) is 5.26. The fourth-order valence-corrected chi connectivity index (χ4v) is 2.53. The van der Waals surface area contributed by atoms with Gasteiger partial charge in [-0.05, 0) is 46.2 Å². The Morgan fingerprint density at radius 2 is 1.90 bits per heavy atom. The largest absolute Gasteiger partial charge is 0.497 e. The van der Waals surface area contributed by atoms with Gasteiger partial charge >= 0.3 is 0 Å². The van der Waals surface area contributed by atoms with Crippen molar-refractivity contribution in [2.24, 2.45) is 0 Å². The van der Waals surface area contributed by atoms with E-state index in [1.54, 1.807) is 19.2 Å². The molecule has 1 atom stereocenters. The SMILES string of the molecule is CCNC(c1ccc(OC)cc1)c1cccc(Br)c1F. The Labute approximate surface area is 127 Å². The molecule has 2 rings (SSSR count). The topological polar surface area (TPSA) is 21.3 Å². The molecule has 1 unspecified atom stereocenters. The first kappa shape index (κ1) is 15.0. The maximum Gasteiger partial charge on any atom is 0.142 e. The molecule has 0 aromatic heterocycles. The Bertz CT molecular complexity index is 571. The molecule has 0 saturated heterocycles. The van der Waals surface area contributed by atoms with Crippen LogP contribution in [-0.4, -0.2) is 13.7 Å². The summed E-state index contributed by atoms with van der Waals surface area (Å²) in [4.78, 5) is 0. The summed E-state index contributed by atoms with van der Waals surface area (Å²) in [5, 5.41) is 3.32. The highest BCUT2D eigenvalue weighted by molar-refractivity contribution is 9.10. The Hall–Kier alpha value is -1.39. The van der Waals surface area contributed by atoms with Crippen LogP contribution in [0, 0.1) is 5.82 Å². The first-order valence-corrected chi connectivity index (χ1v) is 7.28. The Morgan fingerprint density at radius 1 is 1.20 bits per heavy atom. The highest BCUT2D eigenvalue weighted by atomic mass is 79.9. The van der Waals surface area contributed by atoms with E-state index in [2.05, 4.69) is 21.2 Å². The highest BCUT2D eigenvalue weighted by Gasteiger charge is 2.18. The highest BCUT2D eigenvalue weighted by Crippen LogP contribution is 2.29. The van der Waals surface area contributed by atoms with Crippen LogP contribution in [0.3, 0.4) is 0 Å². The van der Waals surface area contributed by atoms with Crippen LogP contribution < -0.4 is 10.1 Å². The van der Waals surface area contributed by atoms with Gasteiger partial charge in [0.2, 0.25) is 0 Å². The molecule has 0 aliphatic heterocycles. The van der Waals surface area contributed by atoms with Crippen LogP contribution in [0.5, 0.6) is 5.75 Å². The van der Waals surface area contributed by atoms with Crippen LogP contribution in [0.4, 0.5) is 4.39 Å². The lowest BCUT2D eigenvalue weighted by Gasteiger charge is -2.20. The van der Waals surface area contributed by atoms with Crippen molar-refractivity contribution in [3.63, 3.8) is 0 Å². The van der Waals surface area contributed by atoms with E-state index in [9.17, 15) is 4.39 Å². The fourth-order valence-electron chi connectivity index (χ4n) is 2.15. The van der Waals surface area contributed by atoms with Gasteiger partial charge in [0, 0.05) is 5.56 Å². The number of benzene rings is 2. The minimum Gasteiger partial charge on any atom is -0.497 e. The average Bonchev–Trinajstić information content (AvgIpc) is 2.48. The Morgan fingerprint density at radius 3 is 2.50 bits per heavy atom. The second kappa shape index (κ2) is 6.86. The number of halogens is 2. The zero-order valence-corrected chi connectivity index (χ0v) is 13.1. The molecule has 106 valence electrons. The summed E-state index contributed by atoms with van der Waals surface area (Å²) in [7, 11) is 1.63. The van der Waals surface area contributed by atoms with Crippen molar-refractivity contribution < 1.29 is 9.13 Å². The molecule has 0 bridgehead atoms. The molecule has 20 heavy (non-hydrogen) atoms. The number of hydrogen-bond acceptors (Lipinski definition) is 2. The molecule has 0 saturated carbocycles. The number of nitrogens with one attached hydrogen (secondary N) is 1. The van der Waals surface area contributed by atoms with Crippen molar-refractivity contribution in [3.05, 3.63) is 63.9 Å². The summed E-state index contributed by atoms with van der Waals surface area (Å²) in [5.74, 6) is 0.563. The van der Waals surface area contributed by atoms with E-state index in [-0.39, 0.29) is 11.9 Å². The lowest BCUT2D eigenvalue weighted by atomic mass is 9.98. The average molecular weight is 338 g/mol. The molecule has 0 spiro atoms. The number of rotatable bonds is 5. The van der Waals surface area contributed by atoms with Crippen molar-refractivity contribution in [1.82, 2.24) is 5.32 Å². The van der Waals surface area contributed by atoms with Crippen molar-refractivity contribution in [3.8, 4) is 5.75 Å². The minimum atomic E-state index is -0.228. The zero-order chi connectivity index (χ0) is 14.5. The third kappa shape index (κ3) is 3.19. The normalized spacial score (nSPS) is 12.2. The van der Waals surface area contributed by atoms with Crippen LogP contribution in [0.25, 0.3) is 0 Å². The van der Waals surface area contributed by atoms with E-state index < -0.39 is 0 Å². The standard InChI is InChI=1S/C16H17BrFNO/c1-3-19-16(11-7-9-12(20-2)10-8-11)13-5-4-6-14(17)15(13)18/h4-10,16,19H,3H2,1-2H3. The smallest absolute Gasteiger partial charge is 0.142 e. The Balaban J connectivity index is 2.41. The van der Waals surface area contributed by atoms with Crippen molar-refractivity contribution >= 4 is 15.9 Å². The molecular formula is C16H17BrFNO. The predicted octanol–water partition coefficient (Wildman–Crippen LogP) is 4.30. The monoisotopic (exact) mass is 337 g/mol. The quantitative estimate of drug-likeness (QED) is 0.878. The van der Waals surface area contributed by atoms with E-state index in [1.807, 2.05) is 37.3 Å². The van der Waals surface area contributed by atoms with Crippen LogP contribution in [0.15, 0.2) is 46.9 Å². The maximum atomic E-state index is 14.3. The molecule has 4 heteroatoms. The molecule has 0 radical (unpaired) electrons. The molecule has 0 aliphatic rings. The van der Waals surface area contributed by atoms with Crippen LogP contribution in [0.2, 0.25) is 0 Å². The third-order valence-corrected chi connectivity index (χ3v) is 3.76. The van der Waals surface area contributed by atoms with Gasteiger partial charge in [0.25, 0.3) is 0 Å². The van der Waals surface area contributed by atoms with Gasteiger partial charge in [-0.1, -0.05) is 31.2 Å². The number of methoxy groups -OCH3 is 1. The summed E-state index contributed by atoms with van der Waals surface area (Å²) in [5.41, 5.74) is 1.64. The molecule has 0 aliphatic carbocycles. The van der Waals surface area contributed by atoms with Crippen molar-refractivity contribution in [1.29, 1.82) is 0 Å². The minimum absolute atomic E-state index is 0.177. The lowest BCUT2D eigenvalue weighted by Crippen LogP contribution is -2.23. The van der Waals surface area contributed by atoms with Crippen LogP contribution in [0.1, 0.15) is 24.1 Å². The summed E-state index contributed by atoms with van der Waals surface area (Å²) in [6.07, 6.45) is 0. The van der Waals surface area contributed by atoms with E-state index in [0.717, 1.165) is 17.9 Å². The van der Waals surface area contributed by atoms with E-state index in [0.29, 0.717) is 10.0 Å². The molecule has 2 aromatic carbocycles. The summed E-state index contributed by atoms with van der Waals surface area (Å²) in [6, 6.07) is 12.8. The molecule has 0 heterocycles. The summed E-state index contributed by atoms with van der Waals surface area (Å²) >= 11 is 3.24. The van der Waals surface area contributed by atoms with Gasteiger partial charge in [-0.2, -0.15) is 0 Å².